The lowest BCUT2D eigenvalue weighted by Gasteiger charge is -2.33. The zero-order valence-electron chi connectivity index (χ0n) is 18.8. The van der Waals surface area contributed by atoms with Gasteiger partial charge in [-0.25, -0.2) is 0 Å². The summed E-state index contributed by atoms with van der Waals surface area (Å²) in [7, 11) is 0. The second-order valence-electron chi connectivity index (χ2n) is 9.01. The normalized spacial score (nSPS) is 17.6. The molecular weight excluding hydrogens is 376 g/mol. The smallest absolute Gasteiger partial charge is 0.307 e. The molecule has 5 nitrogen and oxygen atoms in total. The van der Waals surface area contributed by atoms with Crippen LogP contribution in [0.4, 0.5) is 11.4 Å². The molecule has 2 aromatic rings. The summed E-state index contributed by atoms with van der Waals surface area (Å²) in [6.45, 7) is 12.9. The molecule has 1 unspecified atom stereocenters. The van der Waals surface area contributed by atoms with Crippen molar-refractivity contribution >= 4 is 17.3 Å². The van der Waals surface area contributed by atoms with Crippen molar-refractivity contribution in [2.24, 2.45) is 0 Å². The maximum absolute atomic E-state index is 12.0. The van der Waals surface area contributed by atoms with Crippen LogP contribution in [-0.2, 0) is 14.3 Å². The van der Waals surface area contributed by atoms with Crippen molar-refractivity contribution in [1.29, 1.82) is 0 Å². The van der Waals surface area contributed by atoms with Crippen molar-refractivity contribution in [2.75, 3.05) is 31.6 Å². The van der Waals surface area contributed by atoms with Gasteiger partial charge >= 0.3 is 5.97 Å². The Labute approximate surface area is 180 Å². The van der Waals surface area contributed by atoms with Gasteiger partial charge in [-0.15, -0.1) is 0 Å². The lowest BCUT2D eigenvalue weighted by molar-refractivity contribution is -0.155. The summed E-state index contributed by atoms with van der Waals surface area (Å²) in [6.07, 6.45) is 0.425. The van der Waals surface area contributed by atoms with E-state index in [9.17, 15) is 4.79 Å². The van der Waals surface area contributed by atoms with Gasteiger partial charge in [0, 0.05) is 31.0 Å². The van der Waals surface area contributed by atoms with Gasteiger partial charge in [-0.05, 0) is 63.4 Å². The topological polar surface area (TPSA) is 50.8 Å². The number of nitrogens with zero attached hydrogens (tertiary/aromatic N) is 1. The van der Waals surface area contributed by atoms with Gasteiger partial charge in [0.1, 0.15) is 5.60 Å². The molecule has 1 N–H and O–H groups in total. The molecule has 1 saturated heterocycles. The number of anilines is 2. The molecule has 162 valence electrons. The van der Waals surface area contributed by atoms with E-state index in [1.165, 1.54) is 11.1 Å². The van der Waals surface area contributed by atoms with Gasteiger partial charge in [-0.1, -0.05) is 30.3 Å². The molecule has 1 aliphatic rings. The predicted molar refractivity (Wildman–Crippen MR) is 121 cm³/mol. The number of para-hydroxylation sites is 1. The molecule has 5 heteroatoms. The van der Waals surface area contributed by atoms with Gasteiger partial charge in [-0.2, -0.15) is 0 Å². The van der Waals surface area contributed by atoms with E-state index in [0.29, 0.717) is 19.6 Å². The lowest BCUT2D eigenvalue weighted by Crippen LogP contribution is -2.39. The molecule has 0 aliphatic carbocycles. The second kappa shape index (κ2) is 9.63. The predicted octanol–water partition coefficient (Wildman–Crippen LogP) is 5.15. The van der Waals surface area contributed by atoms with Crippen LogP contribution in [-0.4, -0.2) is 42.7 Å². The molecule has 1 heterocycles. The summed E-state index contributed by atoms with van der Waals surface area (Å²) < 4.78 is 11.4. The number of hydrogen-bond acceptors (Lipinski definition) is 5. The molecule has 1 atom stereocenters. The minimum Gasteiger partial charge on any atom is -0.460 e. The zero-order valence-corrected chi connectivity index (χ0v) is 18.8. The largest absolute Gasteiger partial charge is 0.460 e. The van der Waals surface area contributed by atoms with Crippen LogP contribution < -0.4 is 5.32 Å². The van der Waals surface area contributed by atoms with Crippen molar-refractivity contribution in [2.45, 2.75) is 52.7 Å². The molecular formula is C25H34N2O3. The quantitative estimate of drug-likeness (QED) is 0.667. The molecule has 0 saturated carbocycles. The van der Waals surface area contributed by atoms with Crippen molar-refractivity contribution in [3.63, 3.8) is 0 Å². The highest BCUT2D eigenvalue weighted by Crippen LogP contribution is 2.27. The average molecular weight is 411 g/mol. The maximum Gasteiger partial charge on any atom is 0.307 e. The monoisotopic (exact) mass is 410 g/mol. The first-order valence-electron chi connectivity index (χ1n) is 10.7. The number of rotatable bonds is 6. The Morgan fingerprint density at radius 1 is 1.13 bits per heavy atom. The number of esters is 1. The molecule has 2 aromatic carbocycles. The van der Waals surface area contributed by atoms with Gasteiger partial charge in [-0.3, -0.25) is 9.69 Å². The van der Waals surface area contributed by atoms with Crippen LogP contribution in [0.5, 0.6) is 0 Å². The van der Waals surface area contributed by atoms with Crippen LogP contribution in [0.2, 0.25) is 0 Å². The highest BCUT2D eigenvalue weighted by atomic mass is 16.6. The third kappa shape index (κ3) is 6.31. The van der Waals surface area contributed by atoms with Crippen molar-refractivity contribution in [3.8, 4) is 0 Å². The Morgan fingerprint density at radius 3 is 2.43 bits per heavy atom. The van der Waals surface area contributed by atoms with E-state index in [1.807, 2.05) is 20.8 Å². The first-order valence-corrected chi connectivity index (χ1v) is 10.7. The molecule has 0 radical (unpaired) electrons. The first kappa shape index (κ1) is 22.3. The molecule has 1 aliphatic heterocycles. The van der Waals surface area contributed by atoms with Gasteiger partial charge in [0.15, 0.2) is 0 Å². The Morgan fingerprint density at radius 2 is 1.80 bits per heavy atom. The van der Waals surface area contributed by atoms with Gasteiger partial charge in [0.25, 0.3) is 0 Å². The Hall–Kier alpha value is -2.37. The third-order valence-electron chi connectivity index (χ3n) is 5.24. The number of carbonyl (C=O) groups excluding carboxylic acids is 1. The van der Waals surface area contributed by atoms with Crippen molar-refractivity contribution in [1.82, 2.24) is 4.90 Å². The van der Waals surface area contributed by atoms with Crippen LogP contribution in [0, 0.1) is 13.8 Å². The number of benzene rings is 2. The molecule has 1 fully saturated rings. The highest BCUT2D eigenvalue weighted by Gasteiger charge is 2.23. The van der Waals surface area contributed by atoms with E-state index in [1.54, 1.807) is 0 Å². The first-order chi connectivity index (χ1) is 14.2. The molecule has 30 heavy (non-hydrogen) atoms. The lowest BCUT2D eigenvalue weighted by atomic mass is 10.1. The van der Waals surface area contributed by atoms with Crippen LogP contribution in [0.3, 0.4) is 0 Å². The summed E-state index contributed by atoms with van der Waals surface area (Å²) in [5, 5.41) is 3.53. The summed E-state index contributed by atoms with van der Waals surface area (Å²) in [5.74, 6) is -0.146. The molecule has 0 bridgehead atoms. The fourth-order valence-corrected chi connectivity index (χ4v) is 3.69. The van der Waals surface area contributed by atoms with Crippen LogP contribution >= 0.6 is 0 Å². The number of nitrogens with one attached hydrogen (secondary N) is 1. The molecule has 0 aromatic heterocycles. The van der Waals surface area contributed by atoms with Crippen molar-refractivity contribution in [3.05, 3.63) is 59.2 Å². The van der Waals surface area contributed by atoms with E-state index in [4.69, 9.17) is 9.47 Å². The Balaban J connectivity index is 1.56. The van der Waals surface area contributed by atoms with Crippen LogP contribution in [0.15, 0.2) is 42.5 Å². The average Bonchev–Trinajstić information content (AvgIpc) is 2.69. The van der Waals surface area contributed by atoms with E-state index < -0.39 is 5.60 Å². The van der Waals surface area contributed by atoms with Crippen molar-refractivity contribution < 1.29 is 14.3 Å². The molecule has 0 spiro atoms. The number of ether oxygens (including phenoxy) is 2. The Kier molecular flexibility index (Phi) is 7.16. The fourth-order valence-electron chi connectivity index (χ4n) is 3.69. The van der Waals surface area contributed by atoms with E-state index in [2.05, 4.69) is 66.5 Å². The Bertz CT molecular complexity index is 835. The summed E-state index contributed by atoms with van der Waals surface area (Å²) in [6, 6.07) is 14.8. The third-order valence-corrected chi connectivity index (χ3v) is 5.24. The SMILES string of the molecule is Cc1cccc(C)c1Nc1ccc(C2CN(CCC(=O)OC(C)(C)C)CCO2)cc1. The van der Waals surface area contributed by atoms with E-state index in [-0.39, 0.29) is 12.1 Å². The van der Waals surface area contributed by atoms with Crippen LogP contribution in [0.25, 0.3) is 0 Å². The summed E-state index contributed by atoms with van der Waals surface area (Å²) in [5.41, 5.74) is 5.41. The minimum atomic E-state index is -0.433. The minimum absolute atomic E-state index is 0.0200. The molecule has 0 amide bonds. The fraction of sp³-hybridized carbons (Fsp3) is 0.480. The maximum atomic E-state index is 12.0. The highest BCUT2D eigenvalue weighted by molar-refractivity contribution is 5.70. The summed E-state index contributed by atoms with van der Waals surface area (Å²) in [4.78, 5) is 14.3. The van der Waals surface area contributed by atoms with Gasteiger partial charge in [0.05, 0.1) is 19.1 Å². The standard InChI is InChI=1S/C25H34N2O3/c1-18-7-6-8-19(2)24(18)26-21-11-9-20(10-12-21)22-17-27(15-16-29-22)14-13-23(28)30-25(3,4)5/h6-12,22,26H,13-17H2,1-5H3. The second-order valence-corrected chi connectivity index (χ2v) is 9.01. The van der Waals surface area contributed by atoms with E-state index >= 15 is 0 Å². The summed E-state index contributed by atoms with van der Waals surface area (Å²) >= 11 is 0. The number of carbonyl (C=O) groups is 1. The molecule has 3 rings (SSSR count). The number of morpholine rings is 1. The van der Waals surface area contributed by atoms with Gasteiger partial charge in [0.2, 0.25) is 0 Å². The number of hydrogen-bond donors (Lipinski definition) is 1. The zero-order chi connectivity index (χ0) is 21.7. The van der Waals surface area contributed by atoms with Crippen LogP contribution in [0.1, 0.15) is 50.0 Å². The van der Waals surface area contributed by atoms with E-state index in [0.717, 1.165) is 30.0 Å². The number of aryl methyl sites for hydroxylation is 2. The van der Waals surface area contributed by atoms with Gasteiger partial charge < -0.3 is 14.8 Å².